The number of sulfone groups is 1. The quantitative estimate of drug-likeness (QED) is 0.895. The summed E-state index contributed by atoms with van der Waals surface area (Å²) in [5, 5.41) is 9.09. The van der Waals surface area contributed by atoms with E-state index in [0.717, 1.165) is 24.4 Å². The van der Waals surface area contributed by atoms with Crippen molar-refractivity contribution in [2.45, 2.75) is 38.6 Å². The predicted molar refractivity (Wildman–Crippen MR) is 76.8 cm³/mol. The highest BCUT2D eigenvalue weighted by molar-refractivity contribution is 7.91. The van der Waals surface area contributed by atoms with Crippen LogP contribution in [0.15, 0.2) is 6.20 Å². The molecule has 116 valence electrons. The number of hydrogen-bond acceptors (Lipinski definition) is 4. The van der Waals surface area contributed by atoms with Crippen LogP contribution < -0.4 is 0 Å². The maximum absolute atomic E-state index is 11.7. The standard InChI is InChI=1S/C14H20N2O4S/c17-14(18)11-3-4-16-8-12(15-13(16)7-11)6-10-2-1-5-21(19,20)9-10/h8,10-11H,1-7,9H2,(H,17,18). The molecule has 2 atom stereocenters. The number of rotatable bonds is 3. The molecule has 1 saturated heterocycles. The second-order valence-corrected chi connectivity index (χ2v) is 8.43. The van der Waals surface area contributed by atoms with Gasteiger partial charge in [0.1, 0.15) is 5.82 Å². The summed E-state index contributed by atoms with van der Waals surface area (Å²) >= 11 is 0. The fourth-order valence-corrected chi connectivity index (χ4v) is 5.15. The molecule has 21 heavy (non-hydrogen) atoms. The first-order chi connectivity index (χ1) is 9.93. The van der Waals surface area contributed by atoms with Crippen molar-refractivity contribution in [2.75, 3.05) is 11.5 Å². The van der Waals surface area contributed by atoms with Gasteiger partial charge in [-0.1, -0.05) is 0 Å². The van der Waals surface area contributed by atoms with Gasteiger partial charge in [-0.2, -0.15) is 0 Å². The molecule has 1 aromatic rings. The smallest absolute Gasteiger partial charge is 0.307 e. The van der Waals surface area contributed by atoms with Gasteiger partial charge >= 0.3 is 5.97 Å². The lowest BCUT2D eigenvalue weighted by molar-refractivity contribution is -0.142. The van der Waals surface area contributed by atoms with Crippen LogP contribution in [0.5, 0.6) is 0 Å². The van der Waals surface area contributed by atoms with E-state index < -0.39 is 15.8 Å². The molecule has 0 radical (unpaired) electrons. The zero-order valence-electron chi connectivity index (χ0n) is 11.9. The summed E-state index contributed by atoms with van der Waals surface area (Å²) in [6.45, 7) is 0.683. The van der Waals surface area contributed by atoms with E-state index in [1.165, 1.54) is 0 Å². The SMILES string of the molecule is O=C(O)C1CCn2cc(CC3CCCS(=O)(=O)C3)nc2C1. The molecule has 2 aliphatic heterocycles. The number of imidazole rings is 1. The van der Waals surface area contributed by atoms with Crippen molar-refractivity contribution < 1.29 is 18.3 Å². The highest BCUT2D eigenvalue weighted by atomic mass is 32.2. The van der Waals surface area contributed by atoms with E-state index >= 15 is 0 Å². The number of carbonyl (C=O) groups is 1. The minimum absolute atomic E-state index is 0.149. The number of carboxylic acid groups (broad SMARTS) is 1. The number of nitrogens with zero attached hydrogens (tertiary/aromatic N) is 2. The first-order valence-corrected chi connectivity index (χ1v) is 9.23. The van der Waals surface area contributed by atoms with Crippen LogP contribution in [0.1, 0.15) is 30.8 Å². The summed E-state index contributed by atoms with van der Waals surface area (Å²) < 4.78 is 25.4. The van der Waals surface area contributed by atoms with Crippen molar-refractivity contribution in [3.05, 3.63) is 17.7 Å². The van der Waals surface area contributed by atoms with Crippen LogP contribution in [-0.2, 0) is 34.0 Å². The molecule has 0 spiro atoms. The molecule has 1 aromatic heterocycles. The Kier molecular flexibility index (Phi) is 3.77. The number of hydrogen-bond donors (Lipinski definition) is 1. The predicted octanol–water partition coefficient (Wildman–Crippen LogP) is 0.897. The average molecular weight is 312 g/mol. The molecule has 3 heterocycles. The molecule has 0 saturated carbocycles. The molecule has 7 heteroatoms. The van der Waals surface area contributed by atoms with Crippen molar-refractivity contribution in [2.24, 2.45) is 11.8 Å². The normalized spacial score (nSPS) is 28.0. The highest BCUT2D eigenvalue weighted by Crippen LogP contribution is 2.25. The Bertz CT molecular complexity index is 650. The molecule has 1 N–H and O–H groups in total. The van der Waals surface area contributed by atoms with E-state index in [1.54, 1.807) is 0 Å². The van der Waals surface area contributed by atoms with Crippen molar-refractivity contribution >= 4 is 15.8 Å². The van der Waals surface area contributed by atoms with Crippen LogP contribution in [0.25, 0.3) is 0 Å². The van der Waals surface area contributed by atoms with E-state index in [4.69, 9.17) is 5.11 Å². The van der Waals surface area contributed by atoms with Crippen molar-refractivity contribution in [3.63, 3.8) is 0 Å². The molecule has 0 amide bonds. The third-order valence-electron chi connectivity index (χ3n) is 4.46. The van der Waals surface area contributed by atoms with Gasteiger partial charge in [0.2, 0.25) is 0 Å². The van der Waals surface area contributed by atoms with Crippen molar-refractivity contribution in [1.82, 2.24) is 9.55 Å². The molecule has 2 unspecified atom stereocenters. The van der Waals surface area contributed by atoms with Gasteiger partial charge in [-0.05, 0) is 31.6 Å². The molecule has 0 bridgehead atoms. The van der Waals surface area contributed by atoms with Crippen LogP contribution in [0.3, 0.4) is 0 Å². The minimum Gasteiger partial charge on any atom is -0.481 e. The Morgan fingerprint density at radius 1 is 1.43 bits per heavy atom. The maximum atomic E-state index is 11.7. The Morgan fingerprint density at radius 2 is 2.24 bits per heavy atom. The molecule has 1 fully saturated rings. The lowest BCUT2D eigenvalue weighted by atomic mass is 9.98. The van der Waals surface area contributed by atoms with Gasteiger partial charge in [0.15, 0.2) is 9.84 Å². The molecule has 3 rings (SSSR count). The first kappa shape index (κ1) is 14.6. The lowest BCUT2D eigenvalue weighted by Gasteiger charge is -2.20. The van der Waals surface area contributed by atoms with Gasteiger partial charge in [-0.15, -0.1) is 0 Å². The average Bonchev–Trinajstić information content (AvgIpc) is 2.78. The zero-order chi connectivity index (χ0) is 15.0. The number of carboxylic acids is 1. The van der Waals surface area contributed by atoms with Crippen LogP contribution in [0.4, 0.5) is 0 Å². The minimum atomic E-state index is -2.89. The second-order valence-electron chi connectivity index (χ2n) is 6.20. The first-order valence-electron chi connectivity index (χ1n) is 7.41. The Labute approximate surface area is 124 Å². The van der Waals surface area contributed by atoms with Crippen LogP contribution in [0.2, 0.25) is 0 Å². The number of aromatic nitrogens is 2. The number of fused-ring (bicyclic) bond motifs is 1. The van der Waals surface area contributed by atoms with Crippen LogP contribution in [-0.4, -0.2) is 40.6 Å². The van der Waals surface area contributed by atoms with E-state index in [2.05, 4.69) is 4.98 Å². The Morgan fingerprint density at radius 3 is 2.95 bits per heavy atom. The highest BCUT2D eigenvalue weighted by Gasteiger charge is 2.28. The summed E-state index contributed by atoms with van der Waals surface area (Å²) in [4.78, 5) is 15.6. The third kappa shape index (κ3) is 3.28. The summed E-state index contributed by atoms with van der Waals surface area (Å²) in [5.41, 5.74) is 0.901. The monoisotopic (exact) mass is 312 g/mol. The van der Waals surface area contributed by atoms with Gasteiger partial charge in [0.05, 0.1) is 23.1 Å². The van der Waals surface area contributed by atoms with Gasteiger partial charge < -0.3 is 9.67 Å². The fraction of sp³-hybridized carbons (Fsp3) is 0.714. The summed E-state index contributed by atoms with van der Waals surface area (Å²) in [6.07, 6.45) is 5.42. The maximum Gasteiger partial charge on any atom is 0.307 e. The van der Waals surface area contributed by atoms with Crippen molar-refractivity contribution in [1.29, 1.82) is 0 Å². The molecule has 0 aromatic carbocycles. The topological polar surface area (TPSA) is 89.3 Å². The van der Waals surface area contributed by atoms with Crippen LogP contribution >= 0.6 is 0 Å². The van der Waals surface area contributed by atoms with E-state index in [9.17, 15) is 13.2 Å². The van der Waals surface area contributed by atoms with Crippen LogP contribution in [0, 0.1) is 11.8 Å². The van der Waals surface area contributed by atoms with E-state index in [1.807, 2.05) is 10.8 Å². The molecule has 0 aliphatic carbocycles. The van der Waals surface area contributed by atoms with Gasteiger partial charge in [-0.3, -0.25) is 4.79 Å². The number of aryl methyl sites for hydroxylation is 1. The lowest BCUT2D eigenvalue weighted by Crippen LogP contribution is -2.26. The molecular formula is C14H20N2O4S. The fourth-order valence-electron chi connectivity index (χ4n) is 3.37. The summed E-state index contributed by atoms with van der Waals surface area (Å²) in [6, 6.07) is 0. The zero-order valence-corrected chi connectivity index (χ0v) is 12.7. The van der Waals surface area contributed by atoms with Gasteiger partial charge in [0.25, 0.3) is 0 Å². The number of aliphatic carboxylic acids is 1. The van der Waals surface area contributed by atoms with E-state index in [-0.39, 0.29) is 17.6 Å². The molecule has 6 nitrogen and oxygen atoms in total. The third-order valence-corrected chi connectivity index (χ3v) is 6.35. The summed E-state index contributed by atoms with van der Waals surface area (Å²) in [5.74, 6) is 0.432. The van der Waals surface area contributed by atoms with Crippen molar-refractivity contribution in [3.8, 4) is 0 Å². The molecule has 2 aliphatic rings. The largest absolute Gasteiger partial charge is 0.481 e. The summed E-state index contributed by atoms with van der Waals surface area (Å²) in [7, 11) is -2.89. The Hall–Kier alpha value is -1.37. The second kappa shape index (κ2) is 5.44. The van der Waals surface area contributed by atoms with E-state index in [0.29, 0.717) is 31.6 Å². The van der Waals surface area contributed by atoms with Gasteiger partial charge in [-0.25, -0.2) is 13.4 Å². The van der Waals surface area contributed by atoms with Gasteiger partial charge in [0, 0.05) is 19.2 Å². The molecular weight excluding hydrogens is 292 g/mol. The Balaban J connectivity index is 1.69.